The molecule has 0 aliphatic heterocycles. The Balaban J connectivity index is 1.43. The molecule has 0 saturated carbocycles. The molecule has 0 aliphatic rings. The van der Waals surface area contributed by atoms with Crippen LogP contribution in [0.15, 0.2) is 52.7 Å². The van der Waals surface area contributed by atoms with Crippen LogP contribution in [0.5, 0.6) is 0 Å². The van der Waals surface area contributed by atoms with Crippen molar-refractivity contribution in [2.75, 3.05) is 12.3 Å². The number of aryl methyl sites for hydroxylation is 1. The molecule has 7 heteroatoms. The Morgan fingerprint density at radius 3 is 2.63 bits per heavy atom. The number of hydrogen-bond acceptors (Lipinski definition) is 4. The van der Waals surface area contributed by atoms with Gasteiger partial charge in [-0.05, 0) is 31.0 Å². The summed E-state index contributed by atoms with van der Waals surface area (Å²) in [6.45, 7) is 2.48. The van der Waals surface area contributed by atoms with Crippen LogP contribution in [0.2, 0.25) is 0 Å². The first-order chi connectivity index (χ1) is 13.0. The number of rotatable bonds is 7. The highest BCUT2D eigenvalue weighted by Gasteiger charge is 2.08. The molecular weight excluding hydrogens is 386 g/mol. The van der Waals surface area contributed by atoms with E-state index in [1.54, 1.807) is 11.3 Å². The number of thiazole rings is 1. The zero-order chi connectivity index (χ0) is 19.2. The lowest BCUT2D eigenvalue weighted by Gasteiger charge is -2.07. The lowest BCUT2D eigenvalue weighted by molar-refractivity contribution is -0.118. The minimum atomic E-state index is -0.650. The van der Waals surface area contributed by atoms with Crippen molar-refractivity contribution in [3.05, 3.63) is 70.1 Å². The molecule has 0 atom stereocenters. The number of amides is 1. The number of thioether (sulfide) groups is 1. The molecule has 0 unspecified atom stereocenters. The molecule has 1 heterocycles. The number of carbonyl (C=O) groups excluding carboxylic acids is 1. The van der Waals surface area contributed by atoms with Gasteiger partial charge in [-0.1, -0.05) is 24.3 Å². The minimum Gasteiger partial charge on any atom is -0.355 e. The van der Waals surface area contributed by atoms with Crippen molar-refractivity contribution in [3.63, 3.8) is 0 Å². The maximum atomic E-state index is 13.5. The van der Waals surface area contributed by atoms with Crippen LogP contribution in [0.1, 0.15) is 10.6 Å². The fourth-order valence-electron chi connectivity index (χ4n) is 2.47. The number of halogens is 2. The van der Waals surface area contributed by atoms with Gasteiger partial charge in [-0.2, -0.15) is 0 Å². The van der Waals surface area contributed by atoms with Gasteiger partial charge in [0.25, 0.3) is 0 Å². The van der Waals surface area contributed by atoms with Crippen LogP contribution in [0, 0.1) is 18.6 Å². The Bertz CT molecular complexity index is 926. The Kier molecular flexibility index (Phi) is 6.58. The molecule has 0 bridgehead atoms. The van der Waals surface area contributed by atoms with Gasteiger partial charge in [0.1, 0.15) is 11.6 Å². The molecule has 140 valence electrons. The second kappa shape index (κ2) is 9.10. The highest BCUT2D eigenvalue weighted by atomic mass is 32.2. The molecule has 2 aromatic carbocycles. The van der Waals surface area contributed by atoms with Crippen LogP contribution < -0.4 is 5.32 Å². The molecule has 3 aromatic rings. The standard InChI is InChI=1S/C20H18F2N2OS2/c1-13-24-18(11-26-13)15-4-2-14(3-5-15)8-9-23-20(25)12-27-19-7-6-16(21)10-17(19)22/h2-7,10-11H,8-9,12H2,1H3,(H,23,25). The zero-order valence-electron chi connectivity index (χ0n) is 14.7. The number of nitrogens with zero attached hydrogens (tertiary/aromatic N) is 1. The summed E-state index contributed by atoms with van der Waals surface area (Å²) < 4.78 is 26.4. The smallest absolute Gasteiger partial charge is 0.230 e. The van der Waals surface area contributed by atoms with Crippen LogP contribution in [0.4, 0.5) is 8.78 Å². The molecule has 1 aromatic heterocycles. The molecular formula is C20H18F2N2OS2. The number of nitrogens with one attached hydrogen (secondary N) is 1. The van der Waals surface area contributed by atoms with Crippen LogP contribution >= 0.6 is 23.1 Å². The normalized spacial score (nSPS) is 10.8. The zero-order valence-corrected chi connectivity index (χ0v) is 16.3. The fourth-order valence-corrected chi connectivity index (χ4v) is 3.84. The van der Waals surface area contributed by atoms with E-state index in [0.717, 1.165) is 39.7 Å². The van der Waals surface area contributed by atoms with Crippen LogP contribution in [0.25, 0.3) is 11.3 Å². The first kappa shape index (κ1) is 19.5. The number of aromatic nitrogens is 1. The van der Waals surface area contributed by atoms with Gasteiger partial charge in [-0.3, -0.25) is 4.79 Å². The molecule has 0 spiro atoms. The molecule has 1 N–H and O–H groups in total. The van der Waals surface area contributed by atoms with Crippen molar-refractivity contribution in [1.82, 2.24) is 10.3 Å². The third-order valence-corrected chi connectivity index (χ3v) is 5.68. The van der Waals surface area contributed by atoms with E-state index in [4.69, 9.17) is 0 Å². The van der Waals surface area contributed by atoms with E-state index in [2.05, 4.69) is 10.3 Å². The number of carbonyl (C=O) groups is 1. The summed E-state index contributed by atoms with van der Waals surface area (Å²) in [6.07, 6.45) is 0.706. The van der Waals surface area contributed by atoms with E-state index in [1.165, 1.54) is 12.1 Å². The molecule has 3 nitrogen and oxygen atoms in total. The maximum Gasteiger partial charge on any atom is 0.230 e. The molecule has 27 heavy (non-hydrogen) atoms. The second-order valence-corrected chi connectivity index (χ2v) is 7.99. The number of benzene rings is 2. The average Bonchev–Trinajstić information content (AvgIpc) is 3.08. The average molecular weight is 405 g/mol. The van der Waals surface area contributed by atoms with E-state index < -0.39 is 11.6 Å². The van der Waals surface area contributed by atoms with Crippen molar-refractivity contribution >= 4 is 29.0 Å². The number of hydrogen-bond donors (Lipinski definition) is 1. The molecule has 0 saturated heterocycles. The second-order valence-electron chi connectivity index (χ2n) is 5.91. The van der Waals surface area contributed by atoms with Crippen molar-refractivity contribution in [2.24, 2.45) is 0 Å². The summed E-state index contributed by atoms with van der Waals surface area (Å²) in [7, 11) is 0. The van der Waals surface area contributed by atoms with E-state index in [9.17, 15) is 13.6 Å². The Hall–Kier alpha value is -2.25. The molecule has 0 radical (unpaired) electrons. The lowest BCUT2D eigenvalue weighted by Crippen LogP contribution is -2.27. The summed E-state index contributed by atoms with van der Waals surface area (Å²) >= 11 is 2.67. The predicted molar refractivity (Wildman–Crippen MR) is 106 cm³/mol. The molecule has 1 amide bonds. The van der Waals surface area contributed by atoms with E-state index in [0.29, 0.717) is 13.0 Å². The summed E-state index contributed by atoms with van der Waals surface area (Å²) in [6, 6.07) is 11.4. The van der Waals surface area contributed by atoms with Crippen LogP contribution in [0.3, 0.4) is 0 Å². The van der Waals surface area contributed by atoms with E-state index in [-0.39, 0.29) is 16.6 Å². The van der Waals surface area contributed by atoms with Gasteiger partial charge in [0, 0.05) is 28.5 Å². The largest absolute Gasteiger partial charge is 0.355 e. The highest BCUT2D eigenvalue weighted by molar-refractivity contribution is 8.00. The van der Waals surface area contributed by atoms with Crippen molar-refractivity contribution in [3.8, 4) is 11.3 Å². The van der Waals surface area contributed by atoms with Crippen molar-refractivity contribution in [2.45, 2.75) is 18.2 Å². The Morgan fingerprint density at radius 1 is 1.19 bits per heavy atom. The first-order valence-electron chi connectivity index (χ1n) is 8.37. The summed E-state index contributed by atoms with van der Waals surface area (Å²) in [4.78, 5) is 16.6. The summed E-state index contributed by atoms with van der Waals surface area (Å²) in [5.74, 6) is -1.37. The lowest BCUT2D eigenvalue weighted by atomic mass is 10.1. The fraction of sp³-hybridized carbons (Fsp3) is 0.200. The van der Waals surface area contributed by atoms with Gasteiger partial charge in [0.05, 0.1) is 16.5 Å². The maximum absolute atomic E-state index is 13.5. The van der Waals surface area contributed by atoms with Crippen LogP contribution in [-0.4, -0.2) is 23.2 Å². The van der Waals surface area contributed by atoms with Gasteiger partial charge >= 0.3 is 0 Å². The third-order valence-electron chi connectivity index (χ3n) is 3.86. The van der Waals surface area contributed by atoms with Gasteiger partial charge in [0.2, 0.25) is 5.91 Å². The third kappa shape index (κ3) is 5.61. The summed E-state index contributed by atoms with van der Waals surface area (Å²) in [5.41, 5.74) is 3.16. The van der Waals surface area contributed by atoms with Crippen molar-refractivity contribution < 1.29 is 13.6 Å². The van der Waals surface area contributed by atoms with E-state index >= 15 is 0 Å². The Morgan fingerprint density at radius 2 is 1.96 bits per heavy atom. The van der Waals surface area contributed by atoms with Crippen LogP contribution in [-0.2, 0) is 11.2 Å². The Labute approximate surface area is 164 Å². The molecule has 0 aliphatic carbocycles. The SMILES string of the molecule is Cc1nc(-c2ccc(CCNC(=O)CSc3ccc(F)cc3F)cc2)cs1. The quantitative estimate of drug-likeness (QED) is 0.573. The van der Waals surface area contributed by atoms with Crippen molar-refractivity contribution in [1.29, 1.82) is 0 Å². The van der Waals surface area contributed by atoms with Gasteiger partial charge in [0.15, 0.2) is 0 Å². The van der Waals surface area contributed by atoms with E-state index in [1.807, 2.05) is 36.6 Å². The van der Waals surface area contributed by atoms with Gasteiger partial charge in [-0.25, -0.2) is 13.8 Å². The minimum absolute atomic E-state index is 0.0880. The highest BCUT2D eigenvalue weighted by Crippen LogP contribution is 2.23. The van der Waals surface area contributed by atoms with Gasteiger partial charge in [-0.15, -0.1) is 23.1 Å². The monoisotopic (exact) mass is 404 g/mol. The molecule has 0 fully saturated rings. The molecule has 3 rings (SSSR count). The van der Waals surface area contributed by atoms with Gasteiger partial charge < -0.3 is 5.32 Å². The predicted octanol–water partition coefficient (Wildman–Crippen LogP) is 4.85. The first-order valence-corrected chi connectivity index (χ1v) is 10.2. The summed E-state index contributed by atoms with van der Waals surface area (Å²) in [5, 5.41) is 5.89. The topological polar surface area (TPSA) is 42.0 Å².